The normalized spacial score (nSPS) is 42.5. The van der Waals surface area contributed by atoms with Crippen LogP contribution in [0.3, 0.4) is 0 Å². The molecular weight excluding hydrogens is 448 g/mol. The van der Waals surface area contributed by atoms with Gasteiger partial charge in [0.25, 0.3) is 0 Å². The van der Waals surface area contributed by atoms with Gasteiger partial charge in [0.1, 0.15) is 5.60 Å². The summed E-state index contributed by atoms with van der Waals surface area (Å²) in [5.74, 6) is 0.787. The van der Waals surface area contributed by atoms with Crippen LogP contribution < -0.4 is 0 Å². The van der Waals surface area contributed by atoms with Gasteiger partial charge in [-0.25, -0.2) is 0 Å². The van der Waals surface area contributed by atoms with Gasteiger partial charge >= 0.3 is 5.97 Å². The number of hydrogen-bond acceptors (Lipinski definition) is 7. The number of aliphatic hydroxyl groups excluding tert-OH is 1. The molecule has 2 aliphatic carbocycles. The molecule has 3 aliphatic heterocycles. The Morgan fingerprint density at radius 1 is 0.886 bits per heavy atom. The number of unbranched alkanes of at least 4 members (excludes halogenated alkanes) is 5. The highest BCUT2D eigenvalue weighted by Gasteiger charge is 2.50. The van der Waals surface area contributed by atoms with Gasteiger partial charge in [-0.15, -0.1) is 0 Å². The molecule has 9 unspecified atom stereocenters. The molecule has 7 heteroatoms. The van der Waals surface area contributed by atoms with Gasteiger partial charge < -0.3 is 28.8 Å². The second kappa shape index (κ2) is 11.8. The molecule has 0 aromatic heterocycles. The van der Waals surface area contributed by atoms with E-state index in [4.69, 9.17) is 23.7 Å². The minimum Gasteiger partial charge on any atom is -0.457 e. The number of carbonyl (C=O) groups is 1. The Morgan fingerprint density at radius 3 is 2.20 bits per heavy atom. The third-order valence-electron chi connectivity index (χ3n) is 9.02. The van der Waals surface area contributed by atoms with E-state index in [0.29, 0.717) is 36.6 Å². The molecule has 9 atom stereocenters. The number of carbonyl (C=O) groups excluding carboxylic acids is 1. The third-order valence-corrected chi connectivity index (χ3v) is 9.02. The van der Waals surface area contributed by atoms with Gasteiger partial charge in [0.15, 0.2) is 0 Å². The van der Waals surface area contributed by atoms with Gasteiger partial charge in [0, 0.05) is 6.42 Å². The summed E-state index contributed by atoms with van der Waals surface area (Å²) in [6, 6.07) is 0. The first kappa shape index (κ1) is 25.9. The molecule has 2 saturated carbocycles. The SMILES string of the molecule is CC1(OC(=O)CCCCCCCCC2CO2)CCC(C2CO2)CC1OC1CCC(C2CO2)CC1O. The lowest BCUT2D eigenvalue weighted by Gasteiger charge is -2.46. The summed E-state index contributed by atoms with van der Waals surface area (Å²) in [5.41, 5.74) is -0.635. The van der Waals surface area contributed by atoms with Crippen LogP contribution >= 0.6 is 0 Å². The summed E-state index contributed by atoms with van der Waals surface area (Å²) in [5, 5.41) is 10.8. The summed E-state index contributed by atoms with van der Waals surface area (Å²) in [6.07, 6.45) is 14.1. The maximum absolute atomic E-state index is 12.8. The molecule has 0 aromatic carbocycles. The van der Waals surface area contributed by atoms with Gasteiger partial charge in [-0.2, -0.15) is 0 Å². The lowest BCUT2D eigenvalue weighted by Crippen LogP contribution is -2.53. The predicted octanol–water partition coefficient (Wildman–Crippen LogP) is 4.32. The first-order valence-electron chi connectivity index (χ1n) is 14.4. The van der Waals surface area contributed by atoms with Crippen molar-refractivity contribution in [3.63, 3.8) is 0 Å². The fourth-order valence-corrected chi connectivity index (χ4v) is 6.34. The summed E-state index contributed by atoms with van der Waals surface area (Å²) in [6.45, 7) is 4.66. The Kier molecular flexibility index (Phi) is 8.70. The molecular formula is C28H46O7. The number of hydrogen-bond donors (Lipinski definition) is 1. The van der Waals surface area contributed by atoms with Crippen molar-refractivity contribution in [3.8, 4) is 0 Å². The van der Waals surface area contributed by atoms with E-state index in [1.54, 1.807) is 0 Å². The lowest BCUT2D eigenvalue weighted by atomic mass is 9.75. The highest BCUT2D eigenvalue weighted by atomic mass is 16.6. The van der Waals surface area contributed by atoms with Crippen molar-refractivity contribution in [2.45, 2.75) is 139 Å². The van der Waals surface area contributed by atoms with E-state index in [2.05, 4.69) is 0 Å². The van der Waals surface area contributed by atoms with Crippen LogP contribution in [0, 0.1) is 11.8 Å². The van der Waals surface area contributed by atoms with E-state index < -0.39 is 11.7 Å². The summed E-state index contributed by atoms with van der Waals surface area (Å²) >= 11 is 0. The Bertz CT molecular complexity index is 689. The number of epoxide rings is 3. The number of rotatable bonds is 14. The van der Waals surface area contributed by atoms with Crippen molar-refractivity contribution in [2.24, 2.45) is 11.8 Å². The standard InChI is InChI=1S/C28H46O7/c1-28(35-27(30)9-7-5-3-2-4-6-8-21-16-31-21)13-12-20(25-18-33-25)15-26(28)34-23-11-10-19(14-22(23)29)24-17-32-24/h19-26,29H,2-18H2,1H3. The van der Waals surface area contributed by atoms with Crippen molar-refractivity contribution in [2.75, 3.05) is 19.8 Å². The van der Waals surface area contributed by atoms with E-state index in [1.165, 1.54) is 32.1 Å². The second-order valence-corrected chi connectivity index (χ2v) is 12.0. The molecule has 35 heavy (non-hydrogen) atoms. The third kappa shape index (κ3) is 7.64. The molecule has 5 aliphatic rings. The fourth-order valence-electron chi connectivity index (χ4n) is 6.34. The van der Waals surface area contributed by atoms with Gasteiger partial charge in [0.2, 0.25) is 0 Å². The molecule has 5 rings (SSSR count). The van der Waals surface area contributed by atoms with E-state index in [1.807, 2.05) is 6.92 Å². The molecule has 200 valence electrons. The first-order valence-corrected chi connectivity index (χ1v) is 14.4. The smallest absolute Gasteiger partial charge is 0.306 e. The first-order chi connectivity index (χ1) is 17.0. The predicted molar refractivity (Wildman–Crippen MR) is 130 cm³/mol. The Hall–Kier alpha value is -0.730. The van der Waals surface area contributed by atoms with Crippen LogP contribution in [0.4, 0.5) is 0 Å². The molecule has 0 aromatic rings. The van der Waals surface area contributed by atoms with Crippen molar-refractivity contribution in [1.29, 1.82) is 0 Å². The van der Waals surface area contributed by atoms with E-state index in [9.17, 15) is 9.90 Å². The summed E-state index contributed by atoms with van der Waals surface area (Å²) in [4.78, 5) is 12.8. The van der Waals surface area contributed by atoms with Gasteiger partial charge in [-0.3, -0.25) is 4.79 Å². The van der Waals surface area contributed by atoms with Gasteiger partial charge in [0.05, 0.1) is 56.4 Å². The average molecular weight is 495 g/mol. The molecule has 7 nitrogen and oxygen atoms in total. The van der Waals surface area contributed by atoms with E-state index >= 15 is 0 Å². The molecule has 3 saturated heterocycles. The summed E-state index contributed by atoms with van der Waals surface area (Å²) in [7, 11) is 0. The minimum atomic E-state index is -0.635. The molecule has 0 radical (unpaired) electrons. The topological polar surface area (TPSA) is 93.4 Å². The molecule has 1 N–H and O–H groups in total. The van der Waals surface area contributed by atoms with Crippen LogP contribution in [0.1, 0.15) is 96.8 Å². The number of esters is 1. The van der Waals surface area contributed by atoms with Crippen LogP contribution in [0.5, 0.6) is 0 Å². The maximum Gasteiger partial charge on any atom is 0.306 e. The maximum atomic E-state index is 12.8. The van der Waals surface area contributed by atoms with Gasteiger partial charge in [-0.1, -0.05) is 32.1 Å². The van der Waals surface area contributed by atoms with Crippen LogP contribution in [0.2, 0.25) is 0 Å². The van der Waals surface area contributed by atoms with Crippen LogP contribution in [0.15, 0.2) is 0 Å². The van der Waals surface area contributed by atoms with Crippen LogP contribution in [-0.4, -0.2) is 73.1 Å². The lowest BCUT2D eigenvalue weighted by molar-refractivity contribution is -0.208. The average Bonchev–Trinajstić information content (AvgIpc) is 3.69. The minimum absolute atomic E-state index is 0.108. The number of aliphatic hydroxyl groups is 1. The van der Waals surface area contributed by atoms with E-state index in [-0.39, 0.29) is 18.2 Å². The highest BCUT2D eigenvalue weighted by molar-refractivity contribution is 5.69. The monoisotopic (exact) mass is 494 g/mol. The Balaban J connectivity index is 1.06. The summed E-state index contributed by atoms with van der Waals surface area (Å²) < 4.78 is 29.0. The largest absolute Gasteiger partial charge is 0.457 e. The van der Waals surface area contributed by atoms with E-state index in [0.717, 1.165) is 71.2 Å². The van der Waals surface area contributed by atoms with Crippen LogP contribution in [0.25, 0.3) is 0 Å². The van der Waals surface area contributed by atoms with Crippen molar-refractivity contribution in [1.82, 2.24) is 0 Å². The molecule has 5 fully saturated rings. The Labute approximate surface area is 210 Å². The van der Waals surface area contributed by atoms with Gasteiger partial charge in [-0.05, 0) is 70.1 Å². The molecule has 3 heterocycles. The zero-order chi connectivity index (χ0) is 24.3. The number of ether oxygens (including phenoxy) is 5. The second-order valence-electron chi connectivity index (χ2n) is 12.0. The molecule has 0 spiro atoms. The highest BCUT2D eigenvalue weighted by Crippen LogP contribution is 2.44. The van der Waals surface area contributed by atoms with Crippen molar-refractivity contribution < 1.29 is 33.6 Å². The molecule has 0 bridgehead atoms. The quantitative estimate of drug-likeness (QED) is 0.218. The zero-order valence-corrected chi connectivity index (χ0v) is 21.5. The van der Waals surface area contributed by atoms with Crippen molar-refractivity contribution >= 4 is 5.97 Å². The van der Waals surface area contributed by atoms with Crippen LogP contribution in [-0.2, 0) is 28.5 Å². The molecule has 0 amide bonds. The fraction of sp³-hybridized carbons (Fsp3) is 0.964. The Morgan fingerprint density at radius 2 is 1.54 bits per heavy atom. The zero-order valence-electron chi connectivity index (χ0n) is 21.5. The van der Waals surface area contributed by atoms with Crippen molar-refractivity contribution in [3.05, 3.63) is 0 Å².